The molecule has 9 heteroatoms. The summed E-state index contributed by atoms with van der Waals surface area (Å²) in [7, 11) is -3.82. The van der Waals surface area contributed by atoms with E-state index >= 15 is 0 Å². The molecule has 1 amide bonds. The average molecular weight is 495 g/mol. The maximum Gasteiger partial charge on any atom is 0.238 e. The van der Waals surface area contributed by atoms with Crippen LogP contribution in [0.25, 0.3) is 11.0 Å². The Morgan fingerprint density at radius 3 is 2.50 bits per heavy atom. The number of aromatic nitrogens is 2. The lowest BCUT2D eigenvalue weighted by molar-refractivity contribution is -0.116. The molecule has 4 rings (SSSR count). The van der Waals surface area contributed by atoms with Gasteiger partial charge in [0.25, 0.3) is 0 Å². The molecule has 0 unspecified atom stereocenters. The average Bonchev–Trinajstić information content (AvgIpc) is 3.18. The van der Waals surface area contributed by atoms with Gasteiger partial charge in [0, 0.05) is 12.2 Å². The summed E-state index contributed by atoms with van der Waals surface area (Å²) in [5.74, 6) is 0.144. The van der Waals surface area contributed by atoms with Crippen molar-refractivity contribution in [3.63, 3.8) is 0 Å². The lowest BCUT2D eigenvalue weighted by Gasteiger charge is -2.23. The summed E-state index contributed by atoms with van der Waals surface area (Å²) in [5.41, 5.74) is 4.29. The van der Waals surface area contributed by atoms with Gasteiger partial charge >= 0.3 is 0 Å². The number of sulfonamides is 1. The van der Waals surface area contributed by atoms with Gasteiger partial charge in [-0.1, -0.05) is 54.2 Å². The number of amides is 1. The van der Waals surface area contributed by atoms with Crippen molar-refractivity contribution in [2.45, 2.75) is 37.0 Å². The van der Waals surface area contributed by atoms with Crippen molar-refractivity contribution < 1.29 is 13.2 Å². The van der Waals surface area contributed by atoms with Crippen molar-refractivity contribution in [1.82, 2.24) is 9.55 Å². The second-order valence-electron chi connectivity index (χ2n) is 7.93. The first-order chi connectivity index (χ1) is 16.3. The molecule has 0 radical (unpaired) electrons. The van der Waals surface area contributed by atoms with Crippen LogP contribution in [0.1, 0.15) is 18.1 Å². The lowest BCUT2D eigenvalue weighted by atomic mass is 10.1. The zero-order valence-electron chi connectivity index (χ0n) is 19.0. The standard InChI is InChI=1S/C25H26N4O3S2/c1-3-28-23-13-12-21(34(26,31)32)15-22(23)27-25(28)33-17-24(30)29(16-19-9-5-4-6-10-19)20-11-7-8-18(2)14-20/h4-15H,3,16-17H2,1-2H3,(H2,26,31,32). The Bertz CT molecular complexity index is 1430. The molecule has 0 aliphatic heterocycles. The molecule has 34 heavy (non-hydrogen) atoms. The van der Waals surface area contributed by atoms with Gasteiger partial charge in [-0.05, 0) is 55.3 Å². The molecule has 0 spiro atoms. The number of carbonyl (C=O) groups excluding carboxylic acids is 1. The number of primary sulfonamides is 1. The number of hydrogen-bond donors (Lipinski definition) is 1. The Morgan fingerprint density at radius 1 is 1.06 bits per heavy atom. The maximum absolute atomic E-state index is 13.4. The molecule has 2 N–H and O–H groups in total. The molecule has 0 saturated heterocycles. The predicted octanol–water partition coefficient (Wildman–Crippen LogP) is 4.34. The van der Waals surface area contributed by atoms with E-state index in [9.17, 15) is 13.2 Å². The van der Waals surface area contributed by atoms with Crippen molar-refractivity contribution in [2.75, 3.05) is 10.7 Å². The van der Waals surface area contributed by atoms with Gasteiger partial charge in [-0.2, -0.15) is 0 Å². The fraction of sp³-hybridized carbons (Fsp3) is 0.200. The normalized spacial score (nSPS) is 11.6. The molecule has 0 fully saturated rings. The highest BCUT2D eigenvalue weighted by molar-refractivity contribution is 7.99. The molecule has 0 aliphatic carbocycles. The van der Waals surface area contributed by atoms with Crippen molar-refractivity contribution >= 4 is 44.4 Å². The SMILES string of the molecule is CCn1c(SCC(=O)N(Cc2ccccc2)c2cccc(C)c2)nc2cc(S(N)(=O)=O)ccc21. The highest BCUT2D eigenvalue weighted by Gasteiger charge is 2.20. The molecule has 0 atom stereocenters. The van der Waals surface area contributed by atoms with Crippen molar-refractivity contribution in [1.29, 1.82) is 0 Å². The highest BCUT2D eigenvalue weighted by atomic mass is 32.2. The minimum atomic E-state index is -3.82. The topological polar surface area (TPSA) is 98.3 Å². The number of imidazole rings is 1. The van der Waals surface area contributed by atoms with Crippen LogP contribution in [0, 0.1) is 6.92 Å². The van der Waals surface area contributed by atoms with Gasteiger partial charge in [-0.25, -0.2) is 18.5 Å². The fourth-order valence-electron chi connectivity index (χ4n) is 3.77. The van der Waals surface area contributed by atoms with E-state index in [-0.39, 0.29) is 16.6 Å². The number of benzene rings is 3. The highest BCUT2D eigenvalue weighted by Crippen LogP contribution is 2.27. The number of rotatable bonds is 8. The lowest BCUT2D eigenvalue weighted by Crippen LogP contribution is -2.32. The quantitative estimate of drug-likeness (QED) is 0.368. The van der Waals surface area contributed by atoms with Gasteiger partial charge in [0.15, 0.2) is 5.16 Å². The first kappa shape index (κ1) is 24.0. The van der Waals surface area contributed by atoms with E-state index in [1.54, 1.807) is 11.0 Å². The number of carbonyl (C=O) groups is 1. The van der Waals surface area contributed by atoms with Crippen LogP contribution in [0.4, 0.5) is 5.69 Å². The zero-order chi connectivity index (χ0) is 24.3. The molecular formula is C25H26N4O3S2. The van der Waals surface area contributed by atoms with E-state index in [0.29, 0.717) is 23.8 Å². The number of aryl methyl sites for hydroxylation is 2. The number of fused-ring (bicyclic) bond motifs is 1. The van der Waals surface area contributed by atoms with Gasteiger partial charge in [-0.15, -0.1) is 0 Å². The largest absolute Gasteiger partial charge is 0.319 e. The van der Waals surface area contributed by atoms with Gasteiger partial charge in [0.2, 0.25) is 15.9 Å². The fourth-order valence-corrected chi connectivity index (χ4v) is 5.26. The summed E-state index contributed by atoms with van der Waals surface area (Å²) < 4.78 is 25.4. The third-order valence-corrected chi connectivity index (χ3v) is 7.32. The van der Waals surface area contributed by atoms with Crippen LogP contribution in [0.2, 0.25) is 0 Å². The van der Waals surface area contributed by atoms with E-state index in [2.05, 4.69) is 4.98 Å². The molecule has 1 heterocycles. The number of nitrogens with zero attached hydrogens (tertiary/aromatic N) is 3. The Hall–Kier alpha value is -3.14. The van der Waals surface area contributed by atoms with Crippen molar-refractivity contribution in [3.8, 4) is 0 Å². The first-order valence-corrected chi connectivity index (χ1v) is 13.4. The molecule has 0 bridgehead atoms. The summed E-state index contributed by atoms with van der Waals surface area (Å²) in [5, 5.41) is 5.92. The van der Waals surface area contributed by atoms with Crippen molar-refractivity contribution in [2.24, 2.45) is 5.14 Å². The van der Waals surface area contributed by atoms with Crippen LogP contribution >= 0.6 is 11.8 Å². The molecule has 7 nitrogen and oxygen atoms in total. The zero-order valence-corrected chi connectivity index (χ0v) is 20.6. The van der Waals surface area contributed by atoms with Crippen LogP contribution in [-0.4, -0.2) is 29.6 Å². The van der Waals surface area contributed by atoms with Crippen LogP contribution < -0.4 is 10.0 Å². The minimum absolute atomic E-state index is 0.0156. The molecule has 0 aliphatic rings. The molecule has 176 valence electrons. The van der Waals surface area contributed by atoms with Gasteiger partial charge in [0.05, 0.1) is 28.2 Å². The van der Waals surface area contributed by atoms with E-state index in [0.717, 1.165) is 22.3 Å². The molecule has 0 saturated carbocycles. The third-order valence-electron chi connectivity index (χ3n) is 5.45. The van der Waals surface area contributed by atoms with E-state index in [4.69, 9.17) is 5.14 Å². The van der Waals surface area contributed by atoms with Crippen LogP contribution in [-0.2, 0) is 27.9 Å². The van der Waals surface area contributed by atoms with E-state index < -0.39 is 10.0 Å². The van der Waals surface area contributed by atoms with Gasteiger partial charge in [0.1, 0.15) is 0 Å². The second-order valence-corrected chi connectivity index (χ2v) is 10.4. The Labute approximate surface area is 203 Å². The number of thioether (sulfide) groups is 1. The molecular weight excluding hydrogens is 468 g/mol. The Balaban J connectivity index is 1.60. The van der Waals surface area contributed by atoms with Crippen LogP contribution in [0.3, 0.4) is 0 Å². The first-order valence-electron chi connectivity index (χ1n) is 10.8. The number of anilines is 1. The van der Waals surface area contributed by atoms with Crippen LogP contribution in [0.15, 0.2) is 82.8 Å². The number of nitrogens with two attached hydrogens (primary N) is 1. The van der Waals surface area contributed by atoms with Gasteiger partial charge < -0.3 is 9.47 Å². The Morgan fingerprint density at radius 2 is 1.82 bits per heavy atom. The summed E-state index contributed by atoms with van der Waals surface area (Å²) in [6, 6.07) is 22.4. The minimum Gasteiger partial charge on any atom is -0.319 e. The Kier molecular flexibility index (Phi) is 7.06. The summed E-state index contributed by atoms with van der Waals surface area (Å²) in [6.45, 7) is 5.08. The summed E-state index contributed by atoms with van der Waals surface area (Å²) >= 11 is 1.34. The van der Waals surface area contributed by atoms with Crippen LogP contribution in [0.5, 0.6) is 0 Å². The smallest absolute Gasteiger partial charge is 0.238 e. The summed E-state index contributed by atoms with van der Waals surface area (Å²) in [6.07, 6.45) is 0. The second kappa shape index (κ2) is 10.0. The summed E-state index contributed by atoms with van der Waals surface area (Å²) in [4.78, 5) is 19.8. The maximum atomic E-state index is 13.4. The monoisotopic (exact) mass is 494 g/mol. The predicted molar refractivity (Wildman–Crippen MR) is 136 cm³/mol. The molecule has 4 aromatic rings. The van der Waals surface area contributed by atoms with E-state index in [1.165, 1.54) is 23.9 Å². The third kappa shape index (κ3) is 5.32. The molecule has 3 aromatic carbocycles. The van der Waals surface area contributed by atoms with E-state index in [1.807, 2.05) is 73.0 Å². The van der Waals surface area contributed by atoms with Gasteiger partial charge in [-0.3, -0.25) is 4.79 Å². The van der Waals surface area contributed by atoms with Crippen molar-refractivity contribution in [3.05, 3.63) is 83.9 Å². The molecule has 1 aromatic heterocycles. The number of hydrogen-bond acceptors (Lipinski definition) is 5.